The monoisotopic (exact) mass is 386 g/mol. The Balaban J connectivity index is 1.51. The average Bonchev–Trinajstić information content (AvgIpc) is 2.61. The highest BCUT2D eigenvalue weighted by Gasteiger charge is 2.34. The summed E-state index contributed by atoms with van der Waals surface area (Å²) in [4.78, 5) is 14.3. The molecule has 2 heterocycles. The largest absolute Gasteiger partial charge is 0.448 e. The smallest absolute Gasteiger partial charge is 0.423 e. The summed E-state index contributed by atoms with van der Waals surface area (Å²) >= 11 is 0. The van der Waals surface area contributed by atoms with E-state index in [4.69, 9.17) is 4.74 Å². The Hall–Kier alpha value is -1.87. The molecule has 0 unspecified atom stereocenters. The van der Waals surface area contributed by atoms with Gasteiger partial charge in [0.05, 0.1) is 6.61 Å². The highest BCUT2D eigenvalue weighted by molar-refractivity contribution is 7.85. The first-order valence-corrected chi connectivity index (χ1v) is 10.2. The molecule has 1 aromatic carbocycles. The minimum Gasteiger partial charge on any atom is -0.448 e. The Bertz CT molecular complexity index is 740. The number of fused-ring (bicyclic) bond motifs is 1. The van der Waals surface area contributed by atoms with Crippen molar-refractivity contribution in [3.8, 4) is 5.75 Å². The standard InChI is InChI=1S/C17H23FN2O5S/c18-14-7-1-2-9-16(14)25-26(22,23)19-17(21)24-12-13-6-5-11-20-10-4-3-8-15(13)20/h1-2,7,9,13,15H,3-6,8,10-12H2,(H,19,21)/t13-,15+/m0/s1. The highest BCUT2D eigenvalue weighted by atomic mass is 32.2. The van der Waals surface area contributed by atoms with E-state index in [1.54, 1.807) is 4.72 Å². The van der Waals surface area contributed by atoms with Crippen molar-refractivity contribution in [3.05, 3.63) is 30.1 Å². The molecule has 2 aliphatic rings. The van der Waals surface area contributed by atoms with Gasteiger partial charge >= 0.3 is 16.4 Å². The zero-order valence-electron chi connectivity index (χ0n) is 14.4. The molecule has 1 N–H and O–H groups in total. The molecule has 0 bridgehead atoms. The molecular formula is C17H23FN2O5S. The number of carbonyl (C=O) groups excluding carboxylic acids is 1. The average molecular weight is 386 g/mol. The fraction of sp³-hybridized carbons (Fsp3) is 0.588. The van der Waals surface area contributed by atoms with Crippen LogP contribution >= 0.6 is 0 Å². The van der Waals surface area contributed by atoms with Crippen molar-refractivity contribution in [2.45, 2.75) is 38.1 Å². The van der Waals surface area contributed by atoms with Crippen molar-refractivity contribution in [2.75, 3.05) is 19.7 Å². The molecule has 0 aliphatic carbocycles. The lowest BCUT2D eigenvalue weighted by molar-refractivity contribution is 0.0244. The van der Waals surface area contributed by atoms with Crippen LogP contribution in [0.15, 0.2) is 24.3 Å². The van der Waals surface area contributed by atoms with Gasteiger partial charge in [-0.3, -0.25) is 4.90 Å². The van der Waals surface area contributed by atoms with Gasteiger partial charge in [0.1, 0.15) is 0 Å². The predicted molar refractivity (Wildman–Crippen MR) is 92.4 cm³/mol. The van der Waals surface area contributed by atoms with Gasteiger partial charge in [0.2, 0.25) is 0 Å². The van der Waals surface area contributed by atoms with Crippen molar-refractivity contribution in [2.24, 2.45) is 5.92 Å². The van der Waals surface area contributed by atoms with Crippen LogP contribution in [0.25, 0.3) is 0 Å². The molecule has 3 rings (SSSR count). The second-order valence-electron chi connectivity index (χ2n) is 6.67. The van der Waals surface area contributed by atoms with E-state index in [1.165, 1.54) is 18.6 Å². The van der Waals surface area contributed by atoms with Crippen LogP contribution < -0.4 is 8.91 Å². The van der Waals surface area contributed by atoms with Crippen LogP contribution in [0.4, 0.5) is 9.18 Å². The SMILES string of the molecule is O=C(NS(=O)(=O)Oc1ccccc1F)OC[C@@H]1CCCN2CCCC[C@H]12. The molecular weight excluding hydrogens is 363 g/mol. The first-order chi connectivity index (χ1) is 12.4. The minimum absolute atomic E-state index is 0.155. The molecule has 0 aromatic heterocycles. The number of benzene rings is 1. The van der Waals surface area contributed by atoms with Crippen molar-refractivity contribution in [1.29, 1.82) is 0 Å². The van der Waals surface area contributed by atoms with Crippen LogP contribution in [0.3, 0.4) is 0 Å². The van der Waals surface area contributed by atoms with Gasteiger partial charge in [-0.1, -0.05) is 18.6 Å². The third-order valence-corrected chi connectivity index (χ3v) is 5.72. The molecule has 0 saturated carbocycles. The van der Waals surface area contributed by atoms with Crippen LogP contribution in [-0.2, 0) is 15.0 Å². The van der Waals surface area contributed by atoms with Gasteiger partial charge < -0.3 is 8.92 Å². The second kappa shape index (κ2) is 8.22. The number of ether oxygens (including phenoxy) is 1. The molecule has 2 aliphatic heterocycles. The molecule has 1 amide bonds. The molecule has 26 heavy (non-hydrogen) atoms. The summed E-state index contributed by atoms with van der Waals surface area (Å²) in [5, 5.41) is 0. The zero-order chi connectivity index (χ0) is 18.6. The van der Waals surface area contributed by atoms with Crippen LogP contribution in [0.5, 0.6) is 5.75 Å². The van der Waals surface area contributed by atoms with Crippen molar-refractivity contribution in [1.82, 2.24) is 9.62 Å². The van der Waals surface area contributed by atoms with Gasteiger partial charge in [0.15, 0.2) is 11.6 Å². The Morgan fingerprint density at radius 1 is 1.19 bits per heavy atom. The normalized spacial score (nSPS) is 23.7. The molecule has 2 fully saturated rings. The van der Waals surface area contributed by atoms with E-state index < -0.39 is 28.0 Å². The van der Waals surface area contributed by atoms with Crippen LogP contribution in [0.1, 0.15) is 32.1 Å². The molecule has 0 spiro atoms. The molecule has 0 radical (unpaired) electrons. The van der Waals surface area contributed by atoms with Gasteiger partial charge in [-0.2, -0.15) is 13.1 Å². The molecule has 2 saturated heterocycles. The number of halogens is 1. The summed E-state index contributed by atoms with van der Waals surface area (Å²) in [6, 6.07) is 5.42. The van der Waals surface area contributed by atoms with E-state index in [0.29, 0.717) is 6.04 Å². The van der Waals surface area contributed by atoms with Gasteiger partial charge in [0.25, 0.3) is 0 Å². The summed E-state index contributed by atoms with van der Waals surface area (Å²) in [7, 11) is -4.51. The topological polar surface area (TPSA) is 84.9 Å². The number of carbonyl (C=O) groups is 1. The first kappa shape index (κ1) is 18.9. The zero-order valence-corrected chi connectivity index (χ0v) is 15.2. The van der Waals surface area contributed by atoms with Crippen molar-refractivity contribution < 1.29 is 26.5 Å². The highest BCUT2D eigenvalue weighted by Crippen LogP contribution is 2.31. The summed E-state index contributed by atoms with van der Waals surface area (Å²) in [5.41, 5.74) is 0. The number of hydrogen-bond acceptors (Lipinski definition) is 6. The summed E-state index contributed by atoms with van der Waals surface area (Å²) in [6.45, 7) is 2.29. The van der Waals surface area contributed by atoms with Gasteiger partial charge in [-0.15, -0.1) is 0 Å². The fourth-order valence-corrected chi connectivity index (χ4v) is 4.41. The summed E-state index contributed by atoms with van der Waals surface area (Å²) < 4.78 is 48.4. The molecule has 144 valence electrons. The Labute approximate surface area is 152 Å². The third kappa shape index (κ3) is 4.85. The lowest BCUT2D eigenvalue weighted by atomic mass is 9.84. The predicted octanol–water partition coefficient (Wildman–Crippen LogP) is 2.44. The van der Waals surface area contributed by atoms with Crippen LogP contribution in [0.2, 0.25) is 0 Å². The second-order valence-corrected chi connectivity index (χ2v) is 7.95. The van der Waals surface area contributed by atoms with E-state index in [1.807, 2.05) is 0 Å². The minimum atomic E-state index is -4.51. The molecule has 1 aromatic rings. The summed E-state index contributed by atoms with van der Waals surface area (Å²) in [6.07, 6.45) is 4.30. The van der Waals surface area contributed by atoms with E-state index >= 15 is 0 Å². The van der Waals surface area contributed by atoms with E-state index in [2.05, 4.69) is 9.08 Å². The lowest BCUT2D eigenvalue weighted by Crippen LogP contribution is -2.49. The number of para-hydroxylation sites is 1. The maximum Gasteiger partial charge on any atom is 0.423 e. The molecule has 9 heteroatoms. The lowest BCUT2D eigenvalue weighted by Gasteiger charge is -2.44. The van der Waals surface area contributed by atoms with Gasteiger partial charge in [0, 0.05) is 12.0 Å². The number of amides is 1. The van der Waals surface area contributed by atoms with Crippen LogP contribution in [0, 0.1) is 11.7 Å². The number of hydrogen-bond donors (Lipinski definition) is 1. The molecule has 7 nitrogen and oxygen atoms in total. The maximum absolute atomic E-state index is 13.5. The third-order valence-electron chi connectivity index (χ3n) is 4.90. The van der Waals surface area contributed by atoms with Crippen molar-refractivity contribution in [3.63, 3.8) is 0 Å². The number of rotatable bonds is 5. The number of piperidine rings is 2. The van der Waals surface area contributed by atoms with E-state index in [-0.39, 0.29) is 12.5 Å². The first-order valence-electron chi connectivity index (χ1n) is 8.82. The number of nitrogens with zero attached hydrogens (tertiary/aromatic N) is 1. The van der Waals surface area contributed by atoms with E-state index in [9.17, 15) is 17.6 Å². The van der Waals surface area contributed by atoms with Gasteiger partial charge in [-0.25, -0.2) is 9.18 Å². The number of nitrogens with one attached hydrogen (secondary N) is 1. The fourth-order valence-electron chi connectivity index (χ4n) is 3.74. The Morgan fingerprint density at radius 2 is 1.96 bits per heavy atom. The summed E-state index contributed by atoms with van der Waals surface area (Å²) in [5.74, 6) is -1.13. The van der Waals surface area contributed by atoms with Crippen LogP contribution in [-0.4, -0.2) is 45.1 Å². The quantitative estimate of drug-likeness (QED) is 0.837. The Kier molecular flexibility index (Phi) is 5.98. The van der Waals surface area contributed by atoms with E-state index in [0.717, 1.165) is 50.9 Å². The molecule has 2 atom stereocenters. The van der Waals surface area contributed by atoms with Gasteiger partial charge in [-0.05, 0) is 50.9 Å². The Morgan fingerprint density at radius 3 is 2.77 bits per heavy atom. The maximum atomic E-state index is 13.5. The van der Waals surface area contributed by atoms with Crippen molar-refractivity contribution >= 4 is 16.4 Å².